The maximum atomic E-state index is 13.2. The minimum atomic E-state index is -1.02. The number of hydrogen-bond acceptors (Lipinski definition) is 6. The molecule has 1 aliphatic heterocycles. The van der Waals surface area contributed by atoms with Crippen LogP contribution in [0.5, 0.6) is 0 Å². The van der Waals surface area contributed by atoms with Gasteiger partial charge in [0.25, 0.3) is 11.8 Å². The molecule has 1 heterocycles. The minimum absolute atomic E-state index is 0.0881. The van der Waals surface area contributed by atoms with Crippen LogP contribution in [0.2, 0.25) is 0 Å². The summed E-state index contributed by atoms with van der Waals surface area (Å²) in [4.78, 5) is 54.9. The molecule has 0 bridgehead atoms. The minimum Gasteiger partial charge on any atom is -0.451 e. The number of ketones is 1. The Kier molecular flexibility index (Phi) is 7.17. The third-order valence-corrected chi connectivity index (χ3v) is 7.48. The smallest absolute Gasteiger partial charge is 0.338 e. The molecule has 0 aromatic heterocycles. The lowest BCUT2D eigenvalue weighted by molar-refractivity contribution is 0.0318. The Bertz CT molecular complexity index is 1590. The summed E-state index contributed by atoms with van der Waals surface area (Å²) in [6, 6.07) is 26.6. The first-order valence-corrected chi connectivity index (χ1v) is 13.2. The first-order valence-electron chi connectivity index (χ1n) is 12.4. The van der Waals surface area contributed by atoms with Crippen molar-refractivity contribution in [2.75, 3.05) is 4.90 Å². The Morgan fingerprint density at radius 1 is 0.692 bits per heavy atom. The van der Waals surface area contributed by atoms with Crippen molar-refractivity contribution in [3.05, 3.63) is 124 Å². The number of ether oxygens (including phenoxy) is 1. The summed E-state index contributed by atoms with van der Waals surface area (Å²) in [5.41, 5.74) is 3.49. The first kappa shape index (κ1) is 26.1. The van der Waals surface area contributed by atoms with Crippen LogP contribution in [-0.4, -0.2) is 29.7 Å². The van der Waals surface area contributed by atoms with Crippen LogP contribution in [-0.2, 0) is 4.74 Å². The topological polar surface area (TPSA) is 80.8 Å². The van der Waals surface area contributed by atoms with Crippen molar-refractivity contribution in [3.8, 4) is 0 Å². The lowest BCUT2D eigenvalue weighted by Gasteiger charge is -2.14. The van der Waals surface area contributed by atoms with E-state index in [1.807, 2.05) is 62.4 Å². The van der Waals surface area contributed by atoms with Crippen molar-refractivity contribution in [3.63, 3.8) is 0 Å². The summed E-state index contributed by atoms with van der Waals surface area (Å²) < 4.78 is 5.38. The van der Waals surface area contributed by atoms with Gasteiger partial charge in [0, 0.05) is 15.4 Å². The second-order valence-corrected chi connectivity index (χ2v) is 10.5. The highest BCUT2D eigenvalue weighted by Gasteiger charge is 2.37. The van der Waals surface area contributed by atoms with Gasteiger partial charge >= 0.3 is 5.97 Å². The van der Waals surface area contributed by atoms with E-state index in [9.17, 15) is 19.2 Å². The number of benzene rings is 4. The average molecular weight is 536 g/mol. The van der Waals surface area contributed by atoms with E-state index in [1.165, 1.54) is 30.7 Å². The molecule has 0 radical (unpaired) electrons. The van der Waals surface area contributed by atoms with Crippen LogP contribution in [0.15, 0.2) is 101 Å². The Labute approximate surface area is 230 Å². The number of hydrogen-bond donors (Lipinski definition) is 0. The van der Waals surface area contributed by atoms with Crippen LogP contribution in [0.4, 0.5) is 5.69 Å². The molecule has 1 unspecified atom stereocenters. The molecule has 0 aliphatic carbocycles. The molecular formula is C32H25NO5S. The number of carbonyl (C=O) groups is 4. The molecule has 4 aromatic rings. The zero-order valence-corrected chi connectivity index (χ0v) is 22.5. The summed E-state index contributed by atoms with van der Waals surface area (Å²) in [5, 5.41) is 0. The summed E-state index contributed by atoms with van der Waals surface area (Å²) in [6.45, 7) is 5.45. The molecule has 0 saturated carbocycles. The van der Waals surface area contributed by atoms with Crippen molar-refractivity contribution in [1.82, 2.24) is 0 Å². The number of rotatable bonds is 7. The molecular weight excluding hydrogens is 510 g/mol. The van der Waals surface area contributed by atoms with Crippen molar-refractivity contribution in [1.29, 1.82) is 0 Å². The quantitative estimate of drug-likeness (QED) is 0.149. The summed E-state index contributed by atoms with van der Waals surface area (Å²) in [6.07, 6.45) is -1.02. The number of nitrogens with zero attached hydrogens (tertiary/aromatic N) is 1. The second kappa shape index (κ2) is 10.7. The zero-order valence-electron chi connectivity index (χ0n) is 21.6. The van der Waals surface area contributed by atoms with E-state index in [0.717, 1.165) is 20.3 Å². The largest absolute Gasteiger partial charge is 0.451 e. The van der Waals surface area contributed by atoms with E-state index in [-0.39, 0.29) is 22.5 Å². The number of esters is 1. The molecule has 1 atom stereocenters. The third kappa shape index (κ3) is 5.40. The summed E-state index contributed by atoms with van der Waals surface area (Å²) >= 11 is 1.58. The number of aryl methyl sites for hydroxylation is 2. The molecule has 0 spiro atoms. The second-order valence-electron chi connectivity index (χ2n) is 9.39. The highest BCUT2D eigenvalue weighted by molar-refractivity contribution is 7.99. The molecule has 194 valence electrons. The van der Waals surface area contributed by atoms with Gasteiger partial charge in [0.05, 0.1) is 22.4 Å². The fourth-order valence-electron chi connectivity index (χ4n) is 4.24. The molecule has 5 rings (SSSR count). The van der Waals surface area contributed by atoms with Gasteiger partial charge in [-0.15, -0.1) is 0 Å². The van der Waals surface area contributed by atoms with Gasteiger partial charge in [-0.1, -0.05) is 59.3 Å². The highest BCUT2D eigenvalue weighted by Crippen LogP contribution is 2.33. The van der Waals surface area contributed by atoms with Gasteiger partial charge < -0.3 is 4.74 Å². The summed E-state index contributed by atoms with van der Waals surface area (Å²) in [7, 11) is 0. The molecule has 39 heavy (non-hydrogen) atoms. The van der Waals surface area contributed by atoms with E-state index in [1.54, 1.807) is 36.0 Å². The monoisotopic (exact) mass is 535 g/mol. The highest BCUT2D eigenvalue weighted by atomic mass is 32.2. The first-order chi connectivity index (χ1) is 18.7. The number of anilines is 1. The molecule has 1 aliphatic rings. The Hall–Kier alpha value is -4.49. The predicted molar refractivity (Wildman–Crippen MR) is 150 cm³/mol. The fourth-order valence-corrected chi connectivity index (χ4v) is 5.06. The number of amides is 2. The number of Topliss-reactive ketones (excluding diaryl/α,β-unsaturated/α-hetero) is 1. The van der Waals surface area contributed by atoms with Gasteiger partial charge in [-0.3, -0.25) is 14.4 Å². The van der Waals surface area contributed by atoms with Gasteiger partial charge in [0.1, 0.15) is 0 Å². The predicted octanol–water partition coefficient (Wildman–Crippen LogP) is 6.68. The summed E-state index contributed by atoms with van der Waals surface area (Å²) in [5.74, 6) is -2.06. The van der Waals surface area contributed by atoms with Gasteiger partial charge in [-0.25, -0.2) is 9.69 Å². The van der Waals surface area contributed by atoms with E-state index in [2.05, 4.69) is 0 Å². The van der Waals surface area contributed by atoms with Crippen LogP contribution in [0.25, 0.3) is 0 Å². The van der Waals surface area contributed by atoms with Crippen LogP contribution >= 0.6 is 11.8 Å². The van der Waals surface area contributed by atoms with E-state index in [0.29, 0.717) is 11.3 Å². The Balaban J connectivity index is 1.29. The molecule has 0 saturated heterocycles. The van der Waals surface area contributed by atoms with Crippen LogP contribution in [0.3, 0.4) is 0 Å². The van der Waals surface area contributed by atoms with Crippen molar-refractivity contribution >= 4 is 41.0 Å². The number of imide groups is 1. The van der Waals surface area contributed by atoms with Crippen molar-refractivity contribution < 1.29 is 23.9 Å². The van der Waals surface area contributed by atoms with Crippen molar-refractivity contribution in [2.45, 2.75) is 36.7 Å². The number of carbonyl (C=O) groups excluding carboxylic acids is 4. The maximum Gasteiger partial charge on any atom is 0.338 e. The zero-order chi connectivity index (χ0) is 27.7. The Morgan fingerprint density at radius 3 is 1.82 bits per heavy atom. The van der Waals surface area contributed by atoms with E-state index >= 15 is 0 Å². The standard InChI is InChI=1S/C32H25NO5S/c1-19-4-8-22(9-5-19)29(34)21(3)38-32(37)23-10-17-27-28(18-23)31(36)33(30(27)35)24-11-15-26(16-12-24)39-25-13-6-20(2)7-14-25/h4-18,21H,1-3H3. The lowest BCUT2D eigenvalue weighted by atomic mass is 10.0. The molecule has 0 N–H and O–H groups in total. The molecule has 0 fully saturated rings. The third-order valence-electron chi connectivity index (χ3n) is 6.46. The van der Waals surface area contributed by atoms with E-state index < -0.39 is 23.9 Å². The van der Waals surface area contributed by atoms with Gasteiger partial charge in [-0.05, 0) is 75.4 Å². The van der Waals surface area contributed by atoms with Gasteiger partial charge in [0.2, 0.25) is 5.78 Å². The molecule has 6 nitrogen and oxygen atoms in total. The fraction of sp³-hybridized carbons (Fsp3) is 0.125. The van der Waals surface area contributed by atoms with Gasteiger partial charge in [0.15, 0.2) is 6.10 Å². The van der Waals surface area contributed by atoms with E-state index in [4.69, 9.17) is 4.74 Å². The van der Waals surface area contributed by atoms with Crippen LogP contribution < -0.4 is 4.90 Å². The molecule has 2 amide bonds. The lowest BCUT2D eigenvalue weighted by Crippen LogP contribution is -2.29. The average Bonchev–Trinajstić information content (AvgIpc) is 3.19. The van der Waals surface area contributed by atoms with Crippen LogP contribution in [0.1, 0.15) is 59.5 Å². The van der Waals surface area contributed by atoms with Crippen molar-refractivity contribution in [2.24, 2.45) is 0 Å². The Morgan fingerprint density at radius 2 is 1.21 bits per heavy atom. The van der Waals surface area contributed by atoms with Gasteiger partial charge in [-0.2, -0.15) is 0 Å². The normalized spacial score (nSPS) is 13.3. The molecule has 7 heteroatoms. The SMILES string of the molecule is Cc1ccc(Sc2ccc(N3C(=O)c4ccc(C(=O)OC(C)C(=O)c5ccc(C)cc5)cc4C3=O)cc2)cc1. The number of fused-ring (bicyclic) bond motifs is 1. The molecule has 4 aromatic carbocycles. The maximum absolute atomic E-state index is 13.2. The van der Waals surface area contributed by atoms with Crippen LogP contribution in [0, 0.1) is 13.8 Å².